The van der Waals surface area contributed by atoms with Crippen molar-refractivity contribution in [3.63, 3.8) is 0 Å². The van der Waals surface area contributed by atoms with E-state index in [0.29, 0.717) is 0 Å². The maximum Gasteiger partial charge on any atom is 0.695 e. The number of aliphatic hydroxyl groups excluding tert-OH is 5. The van der Waals surface area contributed by atoms with Crippen LogP contribution in [0.4, 0.5) is 0 Å². The first-order chi connectivity index (χ1) is 63.0. The zero-order valence-corrected chi connectivity index (χ0v) is 80.6. The van der Waals surface area contributed by atoms with E-state index in [1.807, 2.05) is 0 Å². The van der Waals surface area contributed by atoms with Crippen molar-refractivity contribution < 1.29 is 166 Å². The molecule has 0 amide bonds. The second kappa shape index (κ2) is 53.7. The van der Waals surface area contributed by atoms with Gasteiger partial charge in [-0.15, -0.1) is 47.1 Å². The van der Waals surface area contributed by atoms with E-state index >= 15 is 0 Å². The van der Waals surface area contributed by atoms with Gasteiger partial charge in [0.05, 0.1) is 94.6 Å². The zero-order chi connectivity index (χ0) is 101. The molecule has 5 aromatic rings. The molecule has 10 heterocycles. The Bertz CT molecular complexity index is 4840. The number of hydrogen-bond acceptors (Lipinski definition) is 40. The SMILES string of the molecule is CO[C@@H](C)[C@@H](C)OC1[C@@H](O[P+](=O)O)[C@@H](CO)O[C@H]1n1cc(C)c(=O)[nH]c1=O.CO[C@@H](C)[C@H](C)OC1[C@@H](O[P+](=O)O)[C@@H](CO)O[C@H]1n1cc(C)c(=O)[nH]c1=O.CO[C@H](C)COC1[C@@H](O[P+](=O)O)[C@@H](CO)O[C@H]1n1cc(C)c(=O)[nH]c1=O.CO[C@H](C)[C@@H](C)OC1[C@@H](O[P+](=O)O)[C@@H](CO)O[C@H]1n1cc(C)c(=O)[nH]c1=O.CO[C@H](C)[C@H](C)OC1[C@@H](O[P+](=O)O)[C@@H](CO)O[C@H]1n1cc(C)c(=O)[nH]c1=O. The molecule has 0 radical (unpaired) electrons. The largest absolute Gasteiger partial charge is 0.695 e. The van der Waals surface area contributed by atoms with E-state index in [1.54, 1.807) is 62.3 Å². The van der Waals surface area contributed by atoms with Gasteiger partial charge in [0.15, 0.2) is 61.7 Å². The second-order valence-corrected chi connectivity index (χ2v) is 34.4. The van der Waals surface area contributed by atoms with Crippen LogP contribution in [0, 0.1) is 34.6 Å². The molecule has 5 saturated heterocycles. The number of aromatic nitrogens is 10. The number of ether oxygens (including phenoxy) is 15. The Hall–Kier alpha value is -7.30. The predicted octanol–water partition coefficient (Wildman–Crippen LogP) is -2.50. The summed E-state index contributed by atoms with van der Waals surface area (Å²) in [5.41, 5.74) is -5.16. The first kappa shape index (κ1) is 115. The van der Waals surface area contributed by atoms with Gasteiger partial charge in [-0.3, -0.25) is 71.7 Å². The lowest BCUT2D eigenvalue weighted by Crippen LogP contribution is -2.43. The molecule has 15 N–H and O–H groups in total. The highest BCUT2D eigenvalue weighted by Gasteiger charge is 2.58. The monoisotopic (exact) mass is 2020 g/mol. The van der Waals surface area contributed by atoms with Gasteiger partial charge in [-0.1, -0.05) is 0 Å². The molecule has 754 valence electrons. The van der Waals surface area contributed by atoms with Gasteiger partial charge in [0.2, 0.25) is 0 Å². The van der Waals surface area contributed by atoms with Gasteiger partial charge in [0, 0.05) is 117 Å². The highest BCUT2D eigenvalue weighted by Crippen LogP contribution is 2.44. The highest BCUT2D eigenvalue weighted by atomic mass is 31.1. The highest BCUT2D eigenvalue weighted by molar-refractivity contribution is 7.33. The molecule has 0 spiro atoms. The van der Waals surface area contributed by atoms with Crippen LogP contribution in [0.3, 0.4) is 0 Å². The summed E-state index contributed by atoms with van der Waals surface area (Å²) in [4.78, 5) is 176. The summed E-state index contributed by atoms with van der Waals surface area (Å²) < 4.78 is 170. The molecule has 0 aromatic carbocycles. The van der Waals surface area contributed by atoms with Crippen molar-refractivity contribution in [1.82, 2.24) is 47.8 Å². The number of H-pyrrole nitrogens is 5. The molecule has 0 bridgehead atoms. The number of nitrogens with one attached hydrogen (secondary N) is 5. The summed E-state index contributed by atoms with van der Waals surface area (Å²) in [6.45, 7) is 20.6. The molecular formula is C74H118N10O45P5+5. The number of nitrogens with zero attached hydrogens (tertiary/aromatic N) is 5. The molecule has 5 aliphatic heterocycles. The van der Waals surface area contributed by atoms with Crippen LogP contribution in [0.15, 0.2) is 78.9 Å². The summed E-state index contributed by atoms with van der Waals surface area (Å²) in [5.74, 6) is 0. The van der Waals surface area contributed by atoms with E-state index in [1.165, 1.54) is 101 Å². The molecule has 10 unspecified atom stereocenters. The first-order valence-corrected chi connectivity index (χ1v) is 46.6. The molecule has 55 nitrogen and oxygen atoms in total. The number of aryl methyl sites for hydroxylation is 5. The van der Waals surface area contributed by atoms with Gasteiger partial charge in [0.25, 0.3) is 27.8 Å². The Labute approximate surface area is 765 Å². The topological polar surface area (TPSA) is 747 Å². The molecule has 10 rings (SSSR count). The van der Waals surface area contributed by atoms with Crippen molar-refractivity contribution >= 4 is 41.3 Å². The van der Waals surface area contributed by atoms with E-state index < -0.39 is 278 Å². The third-order valence-electron chi connectivity index (χ3n) is 22.0. The maximum atomic E-state index is 12.3. The normalized spacial score (nSPS) is 28.0. The lowest BCUT2D eigenvalue weighted by molar-refractivity contribution is -0.127. The fourth-order valence-corrected chi connectivity index (χ4v) is 16.0. The van der Waals surface area contributed by atoms with E-state index in [4.69, 9.17) is 98.6 Å². The quantitative estimate of drug-likeness (QED) is 0.0180. The van der Waals surface area contributed by atoms with Gasteiger partial charge in [-0.25, -0.2) is 24.0 Å². The Balaban J connectivity index is 0.000000257. The van der Waals surface area contributed by atoms with Gasteiger partial charge in [0.1, 0.15) is 61.0 Å². The summed E-state index contributed by atoms with van der Waals surface area (Å²) in [6, 6.07) is 0. The minimum absolute atomic E-state index is 0.0817. The first-order valence-electron chi connectivity index (χ1n) is 41.0. The minimum Gasteiger partial charge on any atom is -0.394 e. The Morgan fingerprint density at radius 1 is 0.291 bits per heavy atom. The van der Waals surface area contributed by atoms with Crippen LogP contribution in [-0.4, -0.2) is 319 Å². The van der Waals surface area contributed by atoms with Crippen LogP contribution in [0.5, 0.6) is 0 Å². The van der Waals surface area contributed by atoms with Crippen LogP contribution < -0.4 is 56.2 Å². The number of rotatable bonds is 40. The van der Waals surface area contributed by atoms with Crippen LogP contribution in [0.1, 0.15) is 121 Å². The molecule has 34 atom stereocenters. The van der Waals surface area contributed by atoms with Gasteiger partial charge in [-0.2, -0.15) is 0 Å². The summed E-state index contributed by atoms with van der Waals surface area (Å²) in [6.07, 6.45) is -18.4. The van der Waals surface area contributed by atoms with Crippen LogP contribution in [0.25, 0.3) is 0 Å². The number of aliphatic hydroxyl groups is 5. The number of hydrogen-bond donors (Lipinski definition) is 15. The summed E-state index contributed by atoms with van der Waals surface area (Å²) in [7, 11) is -7.60. The van der Waals surface area contributed by atoms with Crippen molar-refractivity contribution in [2.75, 3.05) is 75.2 Å². The van der Waals surface area contributed by atoms with Gasteiger partial charge in [-0.05, 0) is 96.9 Å². The van der Waals surface area contributed by atoms with Crippen molar-refractivity contribution in [2.45, 2.75) is 275 Å². The molecule has 5 aromatic heterocycles. The van der Waals surface area contributed by atoms with Crippen LogP contribution in [-0.2, 0) is 116 Å². The fraction of sp³-hybridized carbons (Fsp3) is 0.730. The predicted molar refractivity (Wildman–Crippen MR) is 458 cm³/mol. The van der Waals surface area contributed by atoms with Crippen molar-refractivity contribution in [3.05, 3.63) is 163 Å². The maximum absolute atomic E-state index is 12.3. The molecule has 134 heavy (non-hydrogen) atoms. The van der Waals surface area contributed by atoms with Crippen molar-refractivity contribution in [3.8, 4) is 0 Å². The number of aromatic amines is 5. The zero-order valence-electron chi connectivity index (χ0n) is 76.1. The van der Waals surface area contributed by atoms with Gasteiger partial charge >= 0.3 is 69.7 Å². The van der Waals surface area contributed by atoms with Crippen molar-refractivity contribution in [1.29, 1.82) is 0 Å². The molecule has 0 saturated carbocycles. The average molecular weight is 2020 g/mol. The third kappa shape index (κ3) is 30.6. The fourth-order valence-electron chi connectivity index (χ4n) is 13.7. The Morgan fingerprint density at radius 2 is 0.463 bits per heavy atom. The Morgan fingerprint density at radius 3 is 0.619 bits per heavy atom. The lowest BCUT2D eigenvalue weighted by atomic mass is 10.1. The summed E-state index contributed by atoms with van der Waals surface area (Å²) >= 11 is 0. The van der Waals surface area contributed by atoms with Crippen molar-refractivity contribution in [2.24, 2.45) is 0 Å². The van der Waals surface area contributed by atoms with E-state index in [2.05, 4.69) is 24.9 Å². The molecule has 60 heteroatoms. The molecule has 0 aliphatic carbocycles. The molecule has 5 aliphatic rings. The number of methoxy groups -OCH3 is 5. The minimum atomic E-state index is -3.02. The van der Waals surface area contributed by atoms with E-state index in [9.17, 15) is 116 Å². The summed E-state index contributed by atoms with van der Waals surface area (Å²) in [5, 5.41) is 47.8. The second-order valence-electron chi connectivity index (χ2n) is 31.0. The third-order valence-corrected chi connectivity index (χ3v) is 24.1. The van der Waals surface area contributed by atoms with E-state index in [0.717, 1.165) is 22.8 Å². The lowest BCUT2D eigenvalue weighted by Gasteiger charge is -2.28. The molecule has 5 fully saturated rings. The Kier molecular flexibility index (Phi) is 46.3. The van der Waals surface area contributed by atoms with E-state index in [-0.39, 0.29) is 64.9 Å². The van der Waals surface area contributed by atoms with Crippen LogP contribution >= 0.6 is 41.3 Å². The standard InChI is InChI=1S/4C15H23N2O9P.C14H21N2O9P/c4*1-7-5-17(15(20)16-13(7)19)14-12(24-9(3)8(2)23-4)11(26-27(21)22)10(6-18)25-14;1-7-4-16(14(19)15-12(7)18)13-11(23-6-8(2)22-3)10(25-26(20)21)9(5-17)24-13/h4*5,8-12,14,18H,6H2,1-4H3,(H-,16,19,20,21,22);4,8-11,13,17H,5-6H2,1-3H3,(H-,15,18,19,20,21)/p+5/t8-,9+,10+,11-,12?,14+;8-,9+,10-,11+,12?,14-;8-,9-,10+,11-,12?,14+;8-,9-,10-,11+,12?,14-;8-,9-,10+,11?,13-/m01011/s1. The smallest absolute Gasteiger partial charge is 0.394 e. The van der Waals surface area contributed by atoms with Gasteiger partial charge < -0.3 is 96.6 Å². The van der Waals surface area contributed by atoms with Crippen LogP contribution in [0.2, 0.25) is 0 Å². The molecular weight excluding hydrogens is 1900 g/mol. The average Bonchev–Trinajstić information content (AvgIpc) is 1.70.